The Kier molecular flexibility index (Phi) is 8.56. The minimum Gasteiger partial charge on any atom is -0.493 e. The molecule has 3 rings (SSSR count). The van der Waals surface area contributed by atoms with Crippen molar-refractivity contribution in [2.24, 2.45) is 0 Å². The van der Waals surface area contributed by atoms with E-state index in [4.69, 9.17) is 25.8 Å². The second-order valence-electron chi connectivity index (χ2n) is 6.71. The Morgan fingerprint density at radius 2 is 2.03 bits per heavy atom. The highest BCUT2D eigenvalue weighted by Gasteiger charge is 2.14. The molecule has 0 aliphatic carbocycles. The van der Waals surface area contributed by atoms with Gasteiger partial charge in [-0.05, 0) is 29.8 Å². The number of hydrogen-bond acceptors (Lipinski definition) is 5. The SMILES string of the molecule is COc1cc(CNCCN2CCOCC2)c(Br)cc1OCc1c(F)cccc1Cl. The van der Waals surface area contributed by atoms with Gasteiger partial charge >= 0.3 is 0 Å². The predicted molar refractivity (Wildman–Crippen MR) is 115 cm³/mol. The number of methoxy groups -OCH3 is 1. The number of nitrogens with one attached hydrogen (secondary N) is 1. The summed E-state index contributed by atoms with van der Waals surface area (Å²) in [5.41, 5.74) is 1.38. The average Bonchev–Trinajstić information content (AvgIpc) is 2.72. The van der Waals surface area contributed by atoms with Crippen molar-refractivity contribution in [3.8, 4) is 11.5 Å². The van der Waals surface area contributed by atoms with Crippen molar-refractivity contribution in [2.75, 3.05) is 46.5 Å². The third kappa shape index (κ3) is 6.30. The summed E-state index contributed by atoms with van der Waals surface area (Å²) in [6.07, 6.45) is 0. The van der Waals surface area contributed by atoms with Crippen LogP contribution in [0.3, 0.4) is 0 Å². The summed E-state index contributed by atoms with van der Waals surface area (Å²) in [6, 6.07) is 8.33. The van der Waals surface area contributed by atoms with Crippen LogP contribution in [0.1, 0.15) is 11.1 Å². The predicted octanol–water partition coefficient (Wildman–Crippen LogP) is 4.25. The van der Waals surface area contributed by atoms with Crippen molar-refractivity contribution >= 4 is 27.5 Å². The third-order valence-electron chi connectivity index (χ3n) is 4.79. The van der Waals surface area contributed by atoms with Crippen LogP contribution in [0.2, 0.25) is 5.02 Å². The molecule has 1 aliphatic heterocycles. The molecule has 0 saturated carbocycles. The molecule has 1 aliphatic rings. The topological polar surface area (TPSA) is 43.0 Å². The summed E-state index contributed by atoms with van der Waals surface area (Å²) in [5.74, 6) is 0.720. The van der Waals surface area contributed by atoms with Crippen LogP contribution in [0.25, 0.3) is 0 Å². The van der Waals surface area contributed by atoms with Crippen LogP contribution in [0.15, 0.2) is 34.8 Å². The van der Waals surface area contributed by atoms with Gasteiger partial charge in [0.05, 0.1) is 25.3 Å². The van der Waals surface area contributed by atoms with Crippen LogP contribution < -0.4 is 14.8 Å². The zero-order valence-corrected chi connectivity index (χ0v) is 18.7. The van der Waals surface area contributed by atoms with Gasteiger partial charge in [-0.25, -0.2) is 4.39 Å². The lowest BCUT2D eigenvalue weighted by Crippen LogP contribution is -2.40. The lowest BCUT2D eigenvalue weighted by molar-refractivity contribution is 0.0384. The van der Waals surface area contributed by atoms with E-state index in [1.807, 2.05) is 12.1 Å². The van der Waals surface area contributed by atoms with Crippen molar-refractivity contribution in [3.63, 3.8) is 0 Å². The fourth-order valence-corrected chi connectivity index (χ4v) is 3.77. The van der Waals surface area contributed by atoms with Crippen molar-refractivity contribution in [2.45, 2.75) is 13.2 Å². The Morgan fingerprint density at radius 3 is 2.76 bits per heavy atom. The van der Waals surface area contributed by atoms with E-state index in [9.17, 15) is 4.39 Å². The molecule has 0 bridgehead atoms. The first kappa shape index (κ1) is 22.3. The first-order valence-corrected chi connectivity index (χ1v) is 10.7. The van der Waals surface area contributed by atoms with E-state index in [0.29, 0.717) is 28.6 Å². The van der Waals surface area contributed by atoms with Gasteiger partial charge in [0.15, 0.2) is 11.5 Å². The van der Waals surface area contributed by atoms with E-state index < -0.39 is 5.82 Å². The molecule has 1 N–H and O–H groups in total. The molecule has 1 heterocycles. The van der Waals surface area contributed by atoms with E-state index in [1.54, 1.807) is 19.2 Å². The molecule has 29 heavy (non-hydrogen) atoms. The van der Waals surface area contributed by atoms with Crippen LogP contribution in [0.4, 0.5) is 4.39 Å². The molecule has 0 atom stereocenters. The van der Waals surface area contributed by atoms with Crippen molar-refractivity contribution in [1.82, 2.24) is 10.2 Å². The normalized spacial score (nSPS) is 14.8. The van der Waals surface area contributed by atoms with Crippen LogP contribution >= 0.6 is 27.5 Å². The number of halogens is 3. The molecular weight excluding hydrogens is 463 g/mol. The Labute approximate surface area is 184 Å². The molecule has 0 aromatic heterocycles. The molecule has 8 heteroatoms. The Hall–Kier alpha value is -1.38. The van der Waals surface area contributed by atoms with Gasteiger partial charge in [0.25, 0.3) is 0 Å². The lowest BCUT2D eigenvalue weighted by atomic mass is 10.2. The zero-order chi connectivity index (χ0) is 20.6. The van der Waals surface area contributed by atoms with E-state index in [0.717, 1.165) is 49.4 Å². The highest BCUT2D eigenvalue weighted by atomic mass is 79.9. The second kappa shape index (κ2) is 11.1. The first-order valence-electron chi connectivity index (χ1n) is 9.51. The largest absolute Gasteiger partial charge is 0.493 e. The van der Waals surface area contributed by atoms with Crippen LogP contribution in [-0.4, -0.2) is 51.4 Å². The molecule has 2 aromatic rings. The fraction of sp³-hybridized carbons (Fsp3) is 0.429. The molecule has 0 amide bonds. The maximum absolute atomic E-state index is 14.0. The van der Waals surface area contributed by atoms with Crippen LogP contribution in [0, 0.1) is 5.82 Å². The Balaban J connectivity index is 1.58. The smallest absolute Gasteiger partial charge is 0.162 e. The summed E-state index contributed by atoms with van der Waals surface area (Å²) in [5, 5.41) is 3.79. The van der Waals surface area contributed by atoms with Crippen LogP contribution in [-0.2, 0) is 17.9 Å². The van der Waals surface area contributed by atoms with Gasteiger partial charge < -0.3 is 19.5 Å². The maximum Gasteiger partial charge on any atom is 0.162 e. The monoisotopic (exact) mass is 486 g/mol. The van der Waals surface area contributed by atoms with Crippen LogP contribution in [0.5, 0.6) is 11.5 Å². The van der Waals surface area contributed by atoms with E-state index in [-0.39, 0.29) is 6.61 Å². The van der Waals surface area contributed by atoms with Crippen molar-refractivity contribution < 1.29 is 18.6 Å². The number of nitrogens with zero attached hydrogens (tertiary/aromatic N) is 1. The molecule has 5 nitrogen and oxygen atoms in total. The maximum atomic E-state index is 14.0. The molecular formula is C21H25BrClFN2O3. The summed E-state index contributed by atoms with van der Waals surface area (Å²) >= 11 is 9.67. The fourth-order valence-electron chi connectivity index (χ4n) is 3.09. The molecule has 1 saturated heterocycles. The van der Waals surface area contributed by atoms with E-state index in [1.165, 1.54) is 6.07 Å². The highest BCUT2D eigenvalue weighted by molar-refractivity contribution is 9.10. The van der Waals surface area contributed by atoms with Gasteiger partial charge in [-0.3, -0.25) is 4.90 Å². The number of ether oxygens (including phenoxy) is 3. The number of rotatable bonds is 9. The summed E-state index contributed by atoms with van der Waals surface area (Å²) < 4.78 is 31.5. The number of hydrogen-bond donors (Lipinski definition) is 1. The Bertz CT molecular complexity index is 799. The lowest BCUT2D eigenvalue weighted by Gasteiger charge is -2.26. The van der Waals surface area contributed by atoms with Gasteiger partial charge in [-0.15, -0.1) is 0 Å². The molecule has 1 fully saturated rings. The summed E-state index contributed by atoms with van der Waals surface area (Å²) in [6.45, 7) is 6.17. The minimum atomic E-state index is -0.392. The average molecular weight is 488 g/mol. The number of benzene rings is 2. The van der Waals surface area contributed by atoms with Gasteiger partial charge in [0.2, 0.25) is 0 Å². The van der Waals surface area contributed by atoms with E-state index >= 15 is 0 Å². The minimum absolute atomic E-state index is 0.0193. The van der Waals surface area contributed by atoms with Gasteiger partial charge in [-0.1, -0.05) is 33.6 Å². The molecule has 0 radical (unpaired) electrons. The molecule has 0 unspecified atom stereocenters. The quantitative estimate of drug-likeness (QED) is 0.536. The standard InChI is InChI=1S/C21H25BrClFN2O3/c1-27-20-11-15(13-25-5-6-26-7-9-28-10-8-26)17(22)12-21(20)29-14-16-18(23)3-2-4-19(16)24/h2-4,11-12,25H,5-10,13-14H2,1H3. The third-order valence-corrected chi connectivity index (χ3v) is 5.88. The van der Waals surface area contributed by atoms with Gasteiger partial charge in [0, 0.05) is 42.8 Å². The zero-order valence-electron chi connectivity index (χ0n) is 16.3. The first-order chi connectivity index (χ1) is 14.1. The van der Waals surface area contributed by atoms with Gasteiger partial charge in [-0.2, -0.15) is 0 Å². The Morgan fingerprint density at radius 1 is 1.24 bits per heavy atom. The highest BCUT2D eigenvalue weighted by Crippen LogP contribution is 2.34. The van der Waals surface area contributed by atoms with Crippen molar-refractivity contribution in [3.05, 3.63) is 56.8 Å². The molecule has 158 valence electrons. The summed E-state index contributed by atoms with van der Waals surface area (Å²) in [4.78, 5) is 2.39. The summed E-state index contributed by atoms with van der Waals surface area (Å²) in [7, 11) is 1.59. The van der Waals surface area contributed by atoms with Gasteiger partial charge in [0.1, 0.15) is 12.4 Å². The second-order valence-corrected chi connectivity index (χ2v) is 7.98. The van der Waals surface area contributed by atoms with E-state index in [2.05, 4.69) is 26.1 Å². The molecule has 0 spiro atoms. The molecule has 2 aromatic carbocycles. The van der Waals surface area contributed by atoms with Crippen molar-refractivity contribution in [1.29, 1.82) is 0 Å². The number of morpholine rings is 1.